The van der Waals surface area contributed by atoms with Gasteiger partial charge in [-0.2, -0.15) is 4.98 Å². The average Bonchev–Trinajstić information content (AvgIpc) is 2.93. The second kappa shape index (κ2) is 6.08. The van der Waals surface area contributed by atoms with Crippen LogP contribution in [0.15, 0.2) is 22.7 Å². The molecule has 19 heavy (non-hydrogen) atoms. The lowest BCUT2D eigenvalue weighted by Crippen LogP contribution is -1.99. The molecule has 1 heterocycles. The summed E-state index contributed by atoms with van der Waals surface area (Å²) in [7, 11) is 3.20. The van der Waals surface area contributed by atoms with E-state index in [9.17, 15) is 0 Å². The second-order valence-corrected chi connectivity index (χ2v) is 3.95. The summed E-state index contributed by atoms with van der Waals surface area (Å²) in [5.74, 6) is 1.86. The fourth-order valence-corrected chi connectivity index (χ4v) is 1.58. The van der Waals surface area contributed by atoms with E-state index >= 15 is 0 Å². The number of benzene rings is 1. The second-order valence-electron chi connectivity index (χ2n) is 3.95. The van der Waals surface area contributed by atoms with Crippen LogP contribution >= 0.6 is 0 Å². The molecule has 0 aliphatic rings. The number of rotatable bonds is 6. The number of ether oxygens (including phenoxy) is 2. The predicted octanol–water partition coefficient (Wildman–Crippen LogP) is 2.58. The van der Waals surface area contributed by atoms with Gasteiger partial charge in [0.05, 0.1) is 14.2 Å². The van der Waals surface area contributed by atoms with E-state index < -0.39 is 0 Å². The van der Waals surface area contributed by atoms with Crippen molar-refractivity contribution in [1.29, 1.82) is 0 Å². The van der Waals surface area contributed by atoms with Crippen LogP contribution in [-0.4, -0.2) is 30.9 Å². The Morgan fingerprint density at radius 2 is 1.84 bits per heavy atom. The van der Waals surface area contributed by atoms with E-state index in [1.54, 1.807) is 20.3 Å². The SMILES string of the molecule is CCCNc1nc(-c2cc(OC)cc(OC)c2)no1. The summed E-state index contributed by atoms with van der Waals surface area (Å²) in [6.07, 6.45) is 0.991. The Morgan fingerprint density at radius 1 is 1.16 bits per heavy atom. The molecule has 0 spiro atoms. The van der Waals surface area contributed by atoms with Crippen molar-refractivity contribution in [3.05, 3.63) is 18.2 Å². The fourth-order valence-electron chi connectivity index (χ4n) is 1.58. The van der Waals surface area contributed by atoms with Crippen molar-refractivity contribution in [2.24, 2.45) is 0 Å². The molecule has 0 aliphatic carbocycles. The number of hydrogen-bond donors (Lipinski definition) is 1. The Balaban J connectivity index is 2.27. The van der Waals surface area contributed by atoms with Gasteiger partial charge in [0, 0.05) is 18.2 Å². The predicted molar refractivity (Wildman–Crippen MR) is 71.6 cm³/mol. The molecule has 6 heteroatoms. The topological polar surface area (TPSA) is 69.4 Å². The lowest BCUT2D eigenvalue weighted by molar-refractivity contribution is 0.394. The third kappa shape index (κ3) is 3.15. The number of anilines is 1. The standard InChI is InChI=1S/C13H17N3O3/c1-4-5-14-13-15-12(16-19-13)9-6-10(17-2)8-11(7-9)18-3/h6-8H,4-5H2,1-3H3,(H,14,15,16). The van der Waals surface area contributed by atoms with Gasteiger partial charge < -0.3 is 19.3 Å². The van der Waals surface area contributed by atoms with Crippen molar-refractivity contribution in [3.63, 3.8) is 0 Å². The normalized spacial score (nSPS) is 10.3. The lowest BCUT2D eigenvalue weighted by Gasteiger charge is -2.05. The van der Waals surface area contributed by atoms with Crippen LogP contribution in [0.2, 0.25) is 0 Å². The molecule has 0 atom stereocenters. The van der Waals surface area contributed by atoms with E-state index in [0.29, 0.717) is 23.3 Å². The van der Waals surface area contributed by atoms with E-state index in [1.165, 1.54) is 0 Å². The van der Waals surface area contributed by atoms with Crippen LogP contribution in [0.25, 0.3) is 11.4 Å². The summed E-state index contributed by atoms with van der Waals surface area (Å²) < 4.78 is 15.5. The molecular weight excluding hydrogens is 246 g/mol. The highest BCUT2D eigenvalue weighted by Gasteiger charge is 2.11. The molecule has 1 N–H and O–H groups in total. The van der Waals surface area contributed by atoms with Crippen LogP contribution in [0.4, 0.5) is 6.01 Å². The van der Waals surface area contributed by atoms with Crippen LogP contribution in [0.5, 0.6) is 11.5 Å². The Labute approximate surface area is 111 Å². The number of methoxy groups -OCH3 is 2. The summed E-state index contributed by atoms with van der Waals surface area (Å²) in [5.41, 5.74) is 0.782. The van der Waals surface area contributed by atoms with Crippen LogP contribution in [-0.2, 0) is 0 Å². The summed E-state index contributed by atoms with van der Waals surface area (Å²) in [4.78, 5) is 4.27. The maximum absolute atomic E-state index is 5.21. The van der Waals surface area contributed by atoms with E-state index in [4.69, 9.17) is 14.0 Å². The van der Waals surface area contributed by atoms with Gasteiger partial charge in [0.25, 0.3) is 0 Å². The molecule has 1 aromatic carbocycles. The highest BCUT2D eigenvalue weighted by molar-refractivity contribution is 5.61. The lowest BCUT2D eigenvalue weighted by atomic mass is 10.2. The zero-order valence-corrected chi connectivity index (χ0v) is 11.3. The summed E-state index contributed by atoms with van der Waals surface area (Å²) in [6.45, 7) is 2.86. The maximum Gasteiger partial charge on any atom is 0.321 e. The number of aromatic nitrogens is 2. The van der Waals surface area contributed by atoms with E-state index in [2.05, 4.69) is 22.4 Å². The summed E-state index contributed by atoms with van der Waals surface area (Å²) in [6, 6.07) is 5.87. The Bertz CT molecular complexity index is 517. The van der Waals surface area contributed by atoms with Gasteiger partial charge in [-0.3, -0.25) is 0 Å². The van der Waals surface area contributed by atoms with Crippen LogP contribution in [0, 0.1) is 0 Å². The van der Waals surface area contributed by atoms with E-state index in [1.807, 2.05) is 12.1 Å². The van der Waals surface area contributed by atoms with Gasteiger partial charge in [0.2, 0.25) is 5.82 Å². The Kier molecular flexibility index (Phi) is 4.22. The Morgan fingerprint density at radius 3 is 2.42 bits per heavy atom. The molecule has 1 aromatic heterocycles. The minimum atomic E-state index is 0.415. The highest BCUT2D eigenvalue weighted by Crippen LogP contribution is 2.28. The third-order valence-electron chi connectivity index (χ3n) is 2.56. The first kappa shape index (κ1) is 13.2. The molecule has 102 valence electrons. The summed E-state index contributed by atoms with van der Waals surface area (Å²) >= 11 is 0. The van der Waals surface area contributed by atoms with Gasteiger partial charge in [-0.1, -0.05) is 12.1 Å². The highest BCUT2D eigenvalue weighted by atomic mass is 16.5. The van der Waals surface area contributed by atoms with Crippen molar-refractivity contribution in [2.45, 2.75) is 13.3 Å². The molecular formula is C13H17N3O3. The molecule has 0 radical (unpaired) electrons. The monoisotopic (exact) mass is 263 g/mol. The van der Waals surface area contributed by atoms with Gasteiger partial charge in [0.15, 0.2) is 0 Å². The Hall–Kier alpha value is -2.24. The number of nitrogens with one attached hydrogen (secondary N) is 1. The van der Waals surface area contributed by atoms with Crippen LogP contribution in [0.3, 0.4) is 0 Å². The van der Waals surface area contributed by atoms with Crippen molar-refractivity contribution in [1.82, 2.24) is 10.1 Å². The maximum atomic E-state index is 5.21. The van der Waals surface area contributed by atoms with Crippen molar-refractivity contribution in [3.8, 4) is 22.9 Å². The molecule has 0 fully saturated rings. The van der Waals surface area contributed by atoms with Crippen LogP contribution < -0.4 is 14.8 Å². The fraction of sp³-hybridized carbons (Fsp3) is 0.385. The third-order valence-corrected chi connectivity index (χ3v) is 2.56. The molecule has 0 saturated carbocycles. The average molecular weight is 263 g/mol. The summed E-state index contributed by atoms with van der Waals surface area (Å²) in [5, 5.41) is 6.97. The quantitative estimate of drug-likeness (QED) is 0.863. The minimum absolute atomic E-state index is 0.415. The zero-order valence-electron chi connectivity index (χ0n) is 11.3. The van der Waals surface area contributed by atoms with Gasteiger partial charge in [-0.15, -0.1) is 0 Å². The number of hydrogen-bond acceptors (Lipinski definition) is 6. The van der Waals surface area contributed by atoms with Crippen molar-refractivity contribution < 1.29 is 14.0 Å². The molecule has 2 aromatic rings. The van der Waals surface area contributed by atoms with E-state index in [0.717, 1.165) is 18.5 Å². The molecule has 0 amide bonds. The van der Waals surface area contributed by atoms with Gasteiger partial charge in [-0.25, -0.2) is 0 Å². The first-order valence-electron chi connectivity index (χ1n) is 6.07. The van der Waals surface area contributed by atoms with Crippen molar-refractivity contribution in [2.75, 3.05) is 26.1 Å². The molecule has 0 aliphatic heterocycles. The van der Waals surface area contributed by atoms with E-state index in [-0.39, 0.29) is 0 Å². The van der Waals surface area contributed by atoms with Crippen molar-refractivity contribution >= 4 is 6.01 Å². The molecule has 0 bridgehead atoms. The van der Waals surface area contributed by atoms with Gasteiger partial charge >= 0.3 is 6.01 Å². The smallest absolute Gasteiger partial charge is 0.321 e. The van der Waals surface area contributed by atoms with Crippen LogP contribution in [0.1, 0.15) is 13.3 Å². The largest absolute Gasteiger partial charge is 0.497 e. The first-order chi connectivity index (χ1) is 9.26. The minimum Gasteiger partial charge on any atom is -0.497 e. The molecule has 0 saturated heterocycles. The molecule has 6 nitrogen and oxygen atoms in total. The number of nitrogens with zero attached hydrogens (tertiary/aromatic N) is 2. The zero-order chi connectivity index (χ0) is 13.7. The molecule has 2 rings (SSSR count). The van der Waals surface area contributed by atoms with Gasteiger partial charge in [0.1, 0.15) is 11.5 Å². The first-order valence-corrected chi connectivity index (χ1v) is 6.07. The molecule has 0 unspecified atom stereocenters. The van der Waals surface area contributed by atoms with Gasteiger partial charge in [-0.05, 0) is 18.6 Å².